The van der Waals surface area contributed by atoms with Crippen LogP contribution in [-0.4, -0.2) is 37.3 Å². The van der Waals surface area contributed by atoms with Crippen molar-refractivity contribution >= 4 is 11.6 Å². The number of nitrogens with two attached hydrogens (primary N) is 1. The molecule has 112 valence electrons. The van der Waals surface area contributed by atoms with E-state index in [0.717, 1.165) is 0 Å². The van der Waals surface area contributed by atoms with Gasteiger partial charge in [0.25, 0.3) is 0 Å². The Balaban J connectivity index is 2.55. The molecule has 1 amide bonds. The van der Waals surface area contributed by atoms with Crippen molar-refractivity contribution in [3.63, 3.8) is 0 Å². The molecule has 0 aliphatic rings. The largest absolute Gasteiger partial charge is 0.475 e. The minimum absolute atomic E-state index is 0.229. The number of carbonyl (C=O) groups is 1. The van der Waals surface area contributed by atoms with Crippen LogP contribution in [0.2, 0.25) is 0 Å². The monoisotopic (exact) mass is 281 g/mol. The molecular formula is C14H23N3O3. The number of rotatable bonds is 6. The lowest BCUT2D eigenvalue weighted by Gasteiger charge is -2.25. The first-order valence-electron chi connectivity index (χ1n) is 6.49. The van der Waals surface area contributed by atoms with Crippen molar-refractivity contribution in [2.45, 2.75) is 26.8 Å². The van der Waals surface area contributed by atoms with Crippen LogP contribution in [0.4, 0.5) is 5.69 Å². The van der Waals surface area contributed by atoms with Crippen LogP contribution in [0.25, 0.3) is 0 Å². The van der Waals surface area contributed by atoms with Crippen molar-refractivity contribution in [1.29, 1.82) is 0 Å². The van der Waals surface area contributed by atoms with E-state index < -0.39 is 6.04 Å². The second-order valence-electron chi connectivity index (χ2n) is 5.56. The zero-order valence-corrected chi connectivity index (χ0v) is 12.5. The maximum atomic E-state index is 11.9. The summed E-state index contributed by atoms with van der Waals surface area (Å²) in [5, 5.41) is 2.74. The summed E-state index contributed by atoms with van der Waals surface area (Å²) in [5.41, 5.74) is 6.18. The van der Waals surface area contributed by atoms with Crippen LogP contribution in [0.3, 0.4) is 0 Å². The number of nitrogens with zero attached hydrogens (tertiary/aromatic N) is 1. The molecule has 20 heavy (non-hydrogen) atoms. The summed E-state index contributed by atoms with van der Waals surface area (Å²) in [5.74, 6) is 0.257. The Morgan fingerprint density at radius 2 is 2.10 bits per heavy atom. The second-order valence-corrected chi connectivity index (χ2v) is 5.56. The molecule has 0 unspecified atom stereocenters. The van der Waals surface area contributed by atoms with E-state index in [2.05, 4.69) is 10.3 Å². The standard InChI is InChI=1S/C14H23N3O3/c1-14(2,3)12(15)13(18)17-10-5-6-11(16-9-10)20-8-7-19-4/h5-6,9,12H,7-8,15H2,1-4H3,(H,17,18)/t12-/m1/s1. The maximum absolute atomic E-state index is 11.9. The molecule has 0 aromatic carbocycles. The molecule has 0 bridgehead atoms. The van der Waals surface area contributed by atoms with Gasteiger partial charge in [-0.3, -0.25) is 4.79 Å². The molecule has 1 aromatic rings. The highest BCUT2D eigenvalue weighted by atomic mass is 16.5. The fourth-order valence-corrected chi connectivity index (χ4v) is 1.38. The lowest BCUT2D eigenvalue weighted by atomic mass is 9.87. The SMILES string of the molecule is COCCOc1ccc(NC(=O)[C@@H](N)C(C)(C)C)cn1. The Labute approximate surface area is 119 Å². The molecule has 1 heterocycles. The fourth-order valence-electron chi connectivity index (χ4n) is 1.38. The first kappa shape index (κ1) is 16.4. The molecule has 1 rings (SSSR count). The number of hydrogen-bond acceptors (Lipinski definition) is 5. The topological polar surface area (TPSA) is 86.5 Å². The minimum atomic E-state index is -0.583. The number of anilines is 1. The molecule has 0 radical (unpaired) electrons. The molecule has 0 aliphatic heterocycles. The second kappa shape index (κ2) is 7.21. The van der Waals surface area contributed by atoms with Crippen molar-refractivity contribution in [3.8, 4) is 5.88 Å². The first-order valence-corrected chi connectivity index (χ1v) is 6.49. The van der Waals surface area contributed by atoms with Crippen LogP contribution in [0.15, 0.2) is 18.3 Å². The average Bonchev–Trinajstić information content (AvgIpc) is 2.39. The van der Waals surface area contributed by atoms with E-state index >= 15 is 0 Å². The lowest BCUT2D eigenvalue weighted by Crippen LogP contribution is -2.45. The molecule has 0 aliphatic carbocycles. The van der Waals surface area contributed by atoms with Crippen LogP contribution in [0.1, 0.15) is 20.8 Å². The highest BCUT2D eigenvalue weighted by Crippen LogP contribution is 2.19. The molecule has 0 saturated carbocycles. The van der Waals surface area contributed by atoms with Crippen LogP contribution in [0.5, 0.6) is 5.88 Å². The summed E-state index contributed by atoms with van der Waals surface area (Å²) in [4.78, 5) is 16.0. The van der Waals surface area contributed by atoms with Gasteiger partial charge in [0.15, 0.2) is 0 Å². The fraction of sp³-hybridized carbons (Fsp3) is 0.571. The van der Waals surface area contributed by atoms with Gasteiger partial charge in [-0.05, 0) is 11.5 Å². The number of aromatic nitrogens is 1. The highest BCUT2D eigenvalue weighted by molar-refractivity contribution is 5.95. The smallest absolute Gasteiger partial charge is 0.241 e. The predicted molar refractivity (Wildman–Crippen MR) is 77.7 cm³/mol. The van der Waals surface area contributed by atoms with Crippen molar-refractivity contribution in [2.24, 2.45) is 11.1 Å². The van der Waals surface area contributed by atoms with Crippen LogP contribution < -0.4 is 15.8 Å². The van der Waals surface area contributed by atoms with Crippen LogP contribution >= 0.6 is 0 Å². The van der Waals surface area contributed by atoms with E-state index in [0.29, 0.717) is 24.8 Å². The molecule has 0 saturated heterocycles. The van der Waals surface area contributed by atoms with Crippen LogP contribution in [-0.2, 0) is 9.53 Å². The Bertz CT molecular complexity index is 426. The van der Waals surface area contributed by atoms with E-state index in [4.69, 9.17) is 15.2 Å². The molecule has 1 atom stereocenters. The number of amides is 1. The van der Waals surface area contributed by atoms with E-state index in [1.54, 1.807) is 19.2 Å². The number of pyridine rings is 1. The van der Waals surface area contributed by atoms with Crippen LogP contribution in [0, 0.1) is 5.41 Å². The lowest BCUT2D eigenvalue weighted by molar-refractivity contribution is -0.119. The quantitative estimate of drug-likeness (QED) is 0.770. The van der Waals surface area contributed by atoms with E-state index in [1.807, 2.05) is 20.8 Å². The third-order valence-electron chi connectivity index (χ3n) is 2.76. The van der Waals surface area contributed by atoms with E-state index in [1.165, 1.54) is 6.20 Å². The third-order valence-corrected chi connectivity index (χ3v) is 2.76. The maximum Gasteiger partial charge on any atom is 0.241 e. The number of ether oxygens (including phenoxy) is 2. The molecule has 3 N–H and O–H groups in total. The Hall–Kier alpha value is -1.66. The van der Waals surface area contributed by atoms with Crippen molar-refractivity contribution in [1.82, 2.24) is 4.98 Å². The molecule has 1 aromatic heterocycles. The Kier molecular flexibility index (Phi) is 5.91. The average molecular weight is 281 g/mol. The molecule has 6 heteroatoms. The van der Waals surface area contributed by atoms with Gasteiger partial charge >= 0.3 is 0 Å². The molecule has 6 nitrogen and oxygen atoms in total. The molecule has 0 fully saturated rings. The van der Waals surface area contributed by atoms with E-state index in [9.17, 15) is 4.79 Å². The molecular weight excluding hydrogens is 258 g/mol. The van der Waals surface area contributed by atoms with Gasteiger partial charge in [-0.1, -0.05) is 20.8 Å². The number of hydrogen-bond donors (Lipinski definition) is 2. The van der Waals surface area contributed by atoms with Crippen molar-refractivity contribution in [2.75, 3.05) is 25.6 Å². The van der Waals surface area contributed by atoms with Gasteiger partial charge in [0.05, 0.1) is 24.5 Å². The first-order chi connectivity index (χ1) is 9.34. The summed E-state index contributed by atoms with van der Waals surface area (Å²) < 4.78 is 10.2. The number of methoxy groups -OCH3 is 1. The predicted octanol–water partition coefficient (Wildman–Crippen LogP) is 1.42. The minimum Gasteiger partial charge on any atom is -0.475 e. The van der Waals surface area contributed by atoms with Gasteiger partial charge in [-0.25, -0.2) is 4.98 Å². The van der Waals surface area contributed by atoms with Gasteiger partial charge in [0.2, 0.25) is 11.8 Å². The van der Waals surface area contributed by atoms with Gasteiger partial charge in [-0.2, -0.15) is 0 Å². The Morgan fingerprint density at radius 1 is 1.40 bits per heavy atom. The summed E-state index contributed by atoms with van der Waals surface area (Å²) >= 11 is 0. The summed E-state index contributed by atoms with van der Waals surface area (Å²) in [7, 11) is 1.61. The normalized spacial score (nSPS) is 12.8. The number of carbonyl (C=O) groups excluding carboxylic acids is 1. The number of nitrogens with one attached hydrogen (secondary N) is 1. The van der Waals surface area contributed by atoms with Crippen molar-refractivity contribution < 1.29 is 14.3 Å². The van der Waals surface area contributed by atoms with Crippen molar-refractivity contribution in [3.05, 3.63) is 18.3 Å². The zero-order valence-electron chi connectivity index (χ0n) is 12.5. The summed E-state index contributed by atoms with van der Waals surface area (Å²) in [6.07, 6.45) is 1.54. The van der Waals surface area contributed by atoms with E-state index in [-0.39, 0.29) is 11.3 Å². The molecule has 0 spiro atoms. The third kappa shape index (κ3) is 5.14. The zero-order chi connectivity index (χ0) is 15.2. The summed E-state index contributed by atoms with van der Waals surface area (Å²) in [6, 6.07) is 2.83. The highest BCUT2D eigenvalue weighted by Gasteiger charge is 2.27. The van der Waals surface area contributed by atoms with Gasteiger partial charge in [0.1, 0.15) is 6.61 Å². The van der Waals surface area contributed by atoms with Gasteiger partial charge in [0, 0.05) is 13.2 Å². The Morgan fingerprint density at radius 3 is 2.60 bits per heavy atom. The van der Waals surface area contributed by atoms with Gasteiger partial charge in [-0.15, -0.1) is 0 Å². The summed E-state index contributed by atoms with van der Waals surface area (Å²) in [6.45, 7) is 6.69. The van der Waals surface area contributed by atoms with Gasteiger partial charge < -0.3 is 20.5 Å².